The lowest BCUT2D eigenvalue weighted by Crippen LogP contribution is -2.07. The third-order valence-corrected chi connectivity index (χ3v) is 4.55. The summed E-state index contributed by atoms with van der Waals surface area (Å²) in [5.74, 6) is 1.16. The van der Waals surface area contributed by atoms with Crippen molar-refractivity contribution in [2.75, 3.05) is 19.5 Å². The number of amides is 1. The third kappa shape index (κ3) is 3.97. The molecule has 128 valence electrons. The normalized spacial score (nSPS) is 11.0. The largest absolute Gasteiger partial charge is 0.497 e. The Balaban J connectivity index is 1.75. The zero-order chi connectivity index (χ0) is 17.8. The van der Waals surface area contributed by atoms with Crippen LogP contribution in [-0.4, -0.2) is 25.1 Å². The van der Waals surface area contributed by atoms with E-state index in [9.17, 15) is 4.79 Å². The fourth-order valence-electron chi connectivity index (χ4n) is 2.44. The average molecular weight is 354 g/mol. The zero-order valence-corrected chi connectivity index (χ0v) is 15.0. The van der Waals surface area contributed by atoms with Gasteiger partial charge in [-0.3, -0.25) is 4.79 Å². The molecular formula is C19H18N2O3S. The fourth-order valence-corrected chi connectivity index (χ4v) is 3.30. The lowest BCUT2D eigenvalue weighted by molar-refractivity contribution is -0.111. The van der Waals surface area contributed by atoms with E-state index in [0.29, 0.717) is 11.5 Å². The van der Waals surface area contributed by atoms with Crippen molar-refractivity contribution < 1.29 is 14.3 Å². The Bertz CT molecular complexity index is 947. The number of rotatable bonds is 5. The number of hydrogen-bond acceptors (Lipinski definition) is 5. The summed E-state index contributed by atoms with van der Waals surface area (Å²) in [6.07, 6.45) is 3.17. The van der Waals surface area contributed by atoms with Gasteiger partial charge in [-0.05, 0) is 49.4 Å². The van der Waals surface area contributed by atoms with Crippen molar-refractivity contribution >= 4 is 39.2 Å². The second-order valence-electron chi connectivity index (χ2n) is 5.35. The second kappa shape index (κ2) is 7.36. The number of aromatic nitrogens is 1. The molecule has 1 amide bonds. The van der Waals surface area contributed by atoms with Crippen LogP contribution < -0.4 is 14.8 Å². The van der Waals surface area contributed by atoms with Gasteiger partial charge in [0, 0.05) is 17.3 Å². The Morgan fingerprint density at radius 3 is 2.76 bits per heavy atom. The van der Waals surface area contributed by atoms with Gasteiger partial charge in [-0.15, -0.1) is 11.3 Å². The van der Waals surface area contributed by atoms with E-state index in [4.69, 9.17) is 9.47 Å². The van der Waals surface area contributed by atoms with E-state index < -0.39 is 0 Å². The minimum absolute atomic E-state index is 0.217. The first-order valence-electron chi connectivity index (χ1n) is 7.67. The van der Waals surface area contributed by atoms with Crippen molar-refractivity contribution in [3.05, 3.63) is 53.0 Å². The summed E-state index contributed by atoms with van der Waals surface area (Å²) >= 11 is 1.60. The fraction of sp³-hybridized carbons (Fsp3) is 0.158. The molecule has 0 atom stereocenters. The van der Waals surface area contributed by atoms with E-state index >= 15 is 0 Å². The van der Waals surface area contributed by atoms with Crippen LogP contribution >= 0.6 is 11.3 Å². The van der Waals surface area contributed by atoms with Crippen LogP contribution in [0.1, 0.15) is 10.6 Å². The molecule has 1 N–H and O–H groups in total. The summed E-state index contributed by atoms with van der Waals surface area (Å²) in [7, 11) is 3.19. The van der Waals surface area contributed by atoms with Gasteiger partial charge in [-0.25, -0.2) is 4.98 Å². The first kappa shape index (κ1) is 17.0. The van der Waals surface area contributed by atoms with Gasteiger partial charge in [0.1, 0.15) is 11.5 Å². The van der Waals surface area contributed by atoms with E-state index in [1.807, 2.05) is 37.3 Å². The molecule has 1 aromatic heterocycles. The number of ether oxygens (including phenoxy) is 2. The van der Waals surface area contributed by atoms with E-state index in [1.54, 1.807) is 37.7 Å². The monoisotopic (exact) mass is 354 g/mol. The summed E-state index contributed by atoms with van der Waals surface area (Å²) in [5, 5.41) is 3.86. The highest BCUT2D eigenvalue weighted by Crippen LogP contribution is 2.26. The molecule has 0 saturated carbocycles. The zero-order valence-electron chi connectivity index (χ0n) is 14.2. The number of thiazole rings is 1. The molecule has 6 heteroatoms. The molecule has 0 aliphatic rings. The molecule has 3 rings (SSSR count). The molecule has 0 aliphatic carbocycles. The number of benzene rings is 2. The molecular weight excluding hydrogens is 336 g/mol. The lowest BCUT2D eigenvalue weighted by Gasteiger charge is -2.07. The Morgan fingerprint density at radius 1 is 1.16 bits per heavy atom. The van der Waals surface area contributed by atoms with E-state index in [2.05, 4.69) is 10.3 Å². The van der Waals surface area contributed by atoms with Gasteiger partial charge in [0.2, 0.25) is 5.91 Å². The highest BCUT2D eigenvalue weighted by molar-refractivity contribution is 7.18. The highest BCUT2D eigenvalue weighted by Gasteiger charge is 2.05. The third-order valence-electron chi connectivity index (χ3n) is 3.61. The van der Waals surface area contributed by atoms with Crippen molar-refractivity contribution in [2.24, 2.45) is 0 Å². The van der Waals surface area contributed by atoms with Crippen molar-refractivity contribution in [1.29, 1.82) is 0 Å². The van der Waals surface area contributed by atoms with E-state index in [1.165, 1.54) is 6.08 Å². The van der Waals surface area contributed by atoms with Gasteiger partial charge in [0.05, 0.1) is 29.4 Å². The lowest BCUT2D eigenvalue weighted by atomic mass is 10.1. The Labute approximate surface area is 149 Å². The van der Waals surface area contributed by atoms with Crippen LogP contribution in [0.4, 0.5) is 5.69 Å². The van der Waals surface area contributed by atoms with Crippen LogP contribution in [0, 0.1) is 6.92 Å². The molecule has 0 aliphatic heterocycles. The molecule has 2 aromatic carbocycles. The molecule has 25 heavy (non-hydrogen) atoms. The Kier molecular flexibility index (Phi) is 5.00. The van der Waals surface area contributed by atoms with Crippen molar-refractivity contribution in [3.63, 3.8) is 0 Å². The number of fused-ring (bicyclic) bond motifs is 1. The molecule has 0 saturated heterocycles. The second-order valence-corrected chi connectivity index (χ2v) is 6.58. The van der Waals surface area contributed by atoms with Gasteiger partial charge in [-0.2, -0.15) is 0 Å². The summed E-state index contributed by atoms with van der Waals surface area (Å²) in [6, 6.07) is 11.1. The quantitative estimate of drug-likeness (QED) is 0.695. The highest BCUT2D eigenvalue weighted by atomic mass is 32.1. The molecule has 0 unspecified atom stereocenters. The molecule has 0 radical (unpaired) electrons. The van der Waals surface area contributed by atoms with Crippen molar-refractivity contribution in [2.45, 2.75) is 6.92 Å². The van der Waals surface area contributed by atoms with Crippen molar-refractivity contribution in [3.8, 4) is 11.5 Å². The first-order valence-corrected chi connectivity index (χ1v) is 8.49. The topological polar surface area (TPSA) is 60.5 Å². The van der Waals surface area contributed by atoms with Crippen LogP contribution in [0.5, 0.6) is 11.5 Å². The van der Waals surface area contributed by atoms with E-state index in [-0.39, 0.29) is 5.91 Å². The molecule has 1 heterocycles. The number of nitrogens with zero attached hydrogens (tertiary/aromatic N) is 1. The summed E-state index contributed by atoms with van der Waals surface area (Å²) < 4.78 is 11.6. The van der Waals surface area contributed by atoms with Gasteiger partial charge in [0.15, 0.2) is 0 Å². The number of aryl methyl sites for hydroxylation is 1. The Morgan fingerprint density at radius 2 is 2.00 bits per heavy atom. The number of anilines is 1. The van der Waals surface area contributed by atoms with Crippen LogP contribution in [0.3, 0.4) is 0 Å². The molecule has 0 bridgehead atoms. The summed E-state index contributed by atoms with van der Waals surface area (Å²) in [4.78, 5) is 16.6. The Hall–Kier alpha value is -2.86. The summed E-state index contributed by atoms with van der Waals surface area (Å²) in [5.41, 5.74) is 2.45. The SMILES string of the molecule is COc1ccc(OC)c(/C=C/C(=O)Nc2ccc3nc(C)sc3c2)c1. The molecule has 0 fully saturated rings. The summed E-state index contributed by atoms with van der Waals surface area (Å²) in [6.45, 7) is 1.97. The van der Waals surface area contributed by atoms with Crippen LogP contribution in [0.15, 0.2) is 42.5 Å². The predicted molar refractivity (Wildman–Crippen MR) is 102 cm³/mol. The van der Waals surface area contributed by atoms with Gasteiger partial charge >= 0.3 is 0 Å². The minimum atomic E-state index is -0.217. The standard InChI is InChI=1S/C19H18N2O3S/c1-12-20-16-7-5-14(11-18(16)25-12)21-19(22)9-4-13-10-15(23-2)6-8-17(13)24-3/h4-11H,1-3H3,(H,21,22)/b9-4+. The minimum Gasteiger partial charge on any atom is -0.497 e. The van der Waals surface area contributed by atoms with Gasteiger partial charge in [-0.1, -0.05) is 0 Å². The number of nitrogens with one attached hydrogen (secondary N) is 1. The number of carbonyl (C=O) groups excluding carboxylic acids is 1. The molecule has 5 nitrogen and oxygen atoms in total. The number of carbonyl (C=O) groups is 1. The van der Waals surface area contributed by atoms with Crippen molar-refractivity contribution in [1.82, 2.24) is 4.98 Å². The van der Waals surface area contributed by atoms with Crippen LogP contribution in [-0.2, 0) is 4.79 Å². The maximum atomic E-state index is 12.2. The maximum absolute atomic E-state index is 12.2. The molecule has 3 aromatic rings. The predicted octanol–water partition coefficient (Wildman–Crippen LogP) is 4.27. The van der Waals surface area contributed by atoms with Crippen LogP contribution in [0.2, 0.25) is 0 Å². The van der Waals surface area contributed by atoms with Crippen LogP contribution in [0.25, 0.3) is 16.3 Å². The number of hydrogen-bond donors (Lipinski definition) is 1. The van der Waals surface area contributed by atoms with Gasteiger partial charge < -0.3 is 14.8 Å². The van der Waals surface area contributed by atoms with E-state index in [0.717, 1.165) is 26.5 Å². The van der Waals surface area contributed by atoms with Gasteiger partial charge in [0.25, 0.3) is 0 Å². The molecule has 0 spiro atoms. The number of methoxy groups -OCH3 is 2. The average Bonchev–Trinajstić information content (AvgIpc) is 2.99. The first-order chi connectivity index (χ1) is 12.1. The maximum Gasteiger partial charge on any atom is 0.248 e. The smallest absolute Gasteiger partial charge is 0.248 e.